The molecule has 1 fully saturated rings. The van der Waals surface area contributed by atoms with Crippen molar-refractivity contribution in [2.75, 3.05) is 13.3 Å². The lowest BCUT2D eigenvalue weighted by Crippen LogP contribution is -2.35. The Bertz CT molecular complexity index is 400. The predicted octanol–water partition coefficient (Wildman–Crippen LogP) is 2.71. The average Bonchev–Trinajstić information content (AvgIpc) is 2.86. The molecule has 1 heterocycles. The standard InChI is InChI=1S/C15H24N2O2S/c1-12-16-10-15(20-12)7-9-19-11-17-14-4-2-13(3-5-14)6-8-18/h8,10,13-14,17H,2-7,9,11H2,1H3. The van der Waals surface area contributed by atoms with Crippen LogP contribution in [0.4, 0.5) is 0 Å². The fourth-order valence-corrected chi connectivity index (χ4v) is 3.46. The van der Waals surface area contributed by atoms with E-state index in [0.29, 0.717) is 18.7 Å². The summed E-state index contributed by atoms with van der Waals surface area (Å²) in [6, 6.07) is 0.559. The molecule has 2 rings (SSSR count). The van der Waals surface area contributed by atoms with Crippen molar-refractivity contribution in [1.82, 2.24) is 10.3 Å². The molecular weight excluding hydrogens is 272 g/mol. The number of aromatic nitrogens is 1. The number of nitrogens with zero attached hydrogens (tertiary/aromatic N) is 1. The van der Waals surface area contributed by atoms with Crippen molar-refractivity contribution in [2.45, 2.75) is 51.5 Å². The molecule has 5 heteroatoms. The number of aryl methyl sites for hydroxylation is 1. The molecule has 1 aromatic heterocycles. The quantitative estimate of drug-likeness (QED) is 0.455. The van der Waals surface area contributed by atoms with Gasteiger partial charge < -0.3 is 9.53 Å². The Labute approximate surface area is 124 Å². The van der Waals surface area contributed by atoms with Crippen LogP contribution in [0.25, 0.3) is 0 Å². The van der Waals surface area contributed by atoms with Crippen molar-refractivity contribution in [3.63, 3.8) is 0 Å². The van der Waals surface area contributed by atoms with Crippen LogP contribution in [0.5, 0.6) is 0 Å². The highest BCUT2D eigenvalue weighted by Crippen LogP contribution is 2.25. The lowest BCUT2D eigenvalue weighted by atomic mass is 9.84. The topological polar surface area (TPSA) is 51.2 Å². The molecule has 0 radical (unpaired) electrons. The fourth-order valence-electron chi connectivity index (χ4n) is 2.68. The molecule has 1 aliphatic rings. The number of rotatable bonds is 8. The van der Waals surface area contributed by atoms with E-state index in [1.807, 2.05) is 13.1 Å². The van der Waals surface area contributed by atoms with Gasteiger partial charge in [-0.3, -0.25) is 5.32 Å². The zero-order chi connectivity index (χ0) is 14.2. The maximum Gasteiger partial charge on any atom is 0.120 e. The van der Waals surface area contributed by atoms with Crippen LogP contribution in [0.2, 0.25) is 0 Å². The van der Waals surface area contributed by atoms with Crippen LogP contribution < -0.4 is 5.32 Å². The Hall–Kier alpha value is -0.780. The molecule has 0 aromatic carbocycles. The summed E-state index contributed by atoms with van der Waals surface area (Å²) in [6.07, 6.45) is 9.32. The van der Waals surface area contributed by atoms with Crippen molar-refractivity contribution in [3.05, 3.63) is 16.1 Å². The predicted molar refractivity (Wildman–Crippen MR) is 80.9 cm³/mol. The summed E-state index contributed by atoms with van der Waals surface area (Å²) < 4.78 is 5.64. The Morgan fingerprint density at radius 1 is 1.45 bits per heavy atom. The van der Waals surface area contributed by atoms with Crippen molar-refractivity contribution >= 4 is 17.6 Å². The summed E-state index contributed by atoms with van der Waals surface area (Å²) in [7, 11) is 0. The lowest BCUT2D eigenvalue weighted by Gasteiger charge is -2.28. The highest BCUT2D eigenvalue weighted by atomic mass is 32.1. The minimum absolute atomic E-state index is 0.559. The third kappa shape index (κ3) is 5.31. The lowest BCUT2D eigenvalue weighted by molar-refractivity contribution is -0.108. The monoisotopic (exact) mass is 296 g/mol. The first-order chi connectivity index (χ1) is 9.78. The van der Waals surface area contributed by atoms with Crippen LogP contribution in [-0.2, 0) is 16.0 Å². The van der Waals surface area contributed by atoms with Crippen molar-refractivity contribution in [1.29, 1.82) is 0 Å². The van der Waals surface area contributed by atoms with Crippen LogP contribution in [0.3, 0.4) is 0 Å². The van der Waals surface area contributed by atoms with Crippen LogP contribution in [-0.4, -0.2) is 30.6 Å². The number of aldehydes is 1. The van der Waals surface area contributed by atoms with Crippen molar-refractivity contribution < 1.29 is 9.53 Å². The van der Waals surface area contributed by atoms with Gasteiger partial charge in [-0.2, -0.15) is 0 Å². The normalized spacial score (nSPS) is 22.9. The Balaban J connectivity index is 1.50. The van der Waals surface area contributed by atoms with E-state index < -0.39 is 0 Å². The summed E-state index contributed by atoms with van der Waals surface area (Å²) in [5, 5.41) is 4.57. The van der Waals surface area contributed by atoms with Gasteiger partial charge in [-0.1, -0.05) is 0 Å². The summed E-state index contributed by atoms with van der Waals surface area (Å²) in [5.74, 6) is 0.612. The molecule has 1 aromatic rings. The molecule has 112 valence electrons. The molecule has 0 unspecified atom stereocenters. The second kappa shape index (κ2) is 8.49. The maximum absolute atomic E-state index is 10.5. The zero-order valence-corrected chi connectivity index (χ0v) is 13.0. The molecule has 1 aliphatic carbocycles. The molecule has 0 atom stereocenters. The van der Waals surface area contributed by atoms with Gasteiger partial charge in [0.1, 0.15) is 6.29 Å². The van der Waals surface area contributed by atoms with E-state index in [9.17, 15) is 4.79 Å². The third-order valence-electron chi connectivity index (χ3n) is 3.91. The number of carbonyl (C=O) groups excluding carboxylic acids is 1. The van der Waals surface area contributed by atoms with Gasteiger partial charge in [0.05, 0.1) is 18.3 Å². The van der Waals surface area contributed by atoms with Gasteiger partial charge in [-0.15, -0.1) is 11.3 Å². The number of ether oxygens (including phenoxy) is 1. The van der Waals surface area contributed by atoms with Gasteiger partial charge in [0, 0.05) is 30.0 Å². The highest BCUT2D eigenvalue weighted by molar-refractivity contribution is 7.11. The number of hydrogen-bond acceptors (Lipinski definition) is 5. The van der Waals surface area contributed by atoms with Gasteiger partial charge in [0.2, 0.25) is 0 Å². The molecule has 4 nitrogen and oxygen atoms in total. The molecule has 0 amide bonds. The van der Waals surface area contributed by atoms with E-state index in [-0.39, 0.29) is 0 Å². The van der Waals surface area contributed by atoms with Crippen LogP contribution in [0.15, 0.2) is 6.20 Å². The number of thiazole rings is 1. The largest absolute Gasteiger partial charge is 0.366 e. The van der Waals surface area contributed by atoms with E-state index in [4.69, 9.17) is 4.74 Å². The van der Waals surface area contributed by atoms with Crippen molar-refractivity contribution in [3.8, 4) is 0 Å². The smallest absolute Gasteiger partial charge is 0.120 e. The van der Waals surface area contributed by atoms with E-state index in [1.54, 1.807) is 11.3 Å². The fraction of sp³-hybridized carbons (Fsp3) is 0.733. The second-order valence-corrected chi connectivity index (χ2v) is 6.79. The van der Waals surface area contributed by atoms with Gasteiger partial charge in [0.25, 0.3) is 0 Å². The highest BCUT2D eigenvalue weighted by Gasteiger charge is 2.20. The summed E-state index contributed by atoms with van der Waals surface area (Å²) in [6.45, 7) is 3.40. The van der Waals surface area contributed by atoms with Gasteiger partial charge in [0.15, 0.2) is 0 Å². The number of nitrogens with one attached hydrogen (secondary N) is 1. The van der Waals surface area contributed by atoms with E-state index in [1.165, 1.54) is 4.88 Å². The first-order valence-corrected chi connectivity index (χ1v) is 8.25. The summed E-state index contributed by atoms with van der Waals surface area (Å²) in [4.78, 5) is 16.0. The molecule has 0 aliphatic heterocycles. The Morgan fingerprint density at radius 2 is 2.25 bits per heavy atom. The van der Waals surface area contributed by atoms with E-state index >= 15 is 0 Å². The molecule has 1 saturated carbocycles. The Morgan fingerprint density at radius 3 is 2.90 bits per heavy atom. The maximum atomic E-state index is 10.5. The zero-order valence-electron chi connectivity index (χ0n) is 12.1. The first kappa shape index (κ1) is 15.6. The molecule has 0 saturated heterocycles. The van der Waals surface area contributed by atoms with Crippen LogP contribution >= 0.6 is 11.3 Å². The second-order valence-electron chi connectivity index (χ2n) is 5.47. The molecule has 0 bridgehead atoms. The SMILES string of the molecule is Cc1ncc(CCOCNC2CCC(CC=O)CC2)s1. The van der Waals surface area contributed by atoms with Gasteiger partial charge >= 0.3 is 0 Å². The van der Waals surface area contributed by atoms with Crippen LogP contribution in [0.1, 0.15) is 42.0 Å². The van der Waals surface area contributed by atoms with Gasteiger partial charge in [-0.05, 0) is 38.5 Å². The minimum atomic E-state index is 0.559. The molecular formula is C15H24N2O2S. The summed E-state index contributed by atoms with van der Waals surface area (Å²) >= 11 is 1.74. The molecule has 20 heavy (non-hydrogen) atoms. The summed E-state index contributed by atoms with van der Waals surface area (Å²) in [5.41, 5.74) is 0. The van der Waals surface area contributed by atoms with E-state index in [0.717, 1.165) is 56.4 Å². The first-order valence-electron chi connectivity index (χ1n) is 7.44. The minimum Gasteiger partial charge on any atom is -0.366 e. The average molecular weight is 296 g/mol. The molecule has 0 spiro atoms. The van der Waals surface area contributed by atoms with Gasteiger partial charge in [-0.25, -0.2) is 4.98 Å². The third-order valence-corrected chi connectivity index (χ3v) is 4.88. The number of carbonyl (C=O) groups is 1. The molecule has 1 N–H and O–H groups in total. The van der Waals surface area contributed by atoms with Crippen LogP contribution in [0, 0.1) is 12.8 Å². The van der Waals surface area contributed by atoms with Crippen molar-refractivity contribution in [2.24, 2.45) is 5.92 Å². The Kier molecular flexibility index (Phi) is 6.63. The van der Waals surface area contributed by atoms with E-state index in [2.05, 4.69) is 10.3 Å². The number of hydrogen-bond donors (Lipinski definition) is 1.